The monoisotopic (exact) mass is 606 g/mol. The molecule has 3 aromatic rings. The molecule has 9 nitrogen and oxygen atoms in total. The highest BCUT2D eigenvalue weighted by molar-refractivity contribution is 7.98. The summed E-state index contributed by atoms with van der Waals surface area (Å²) in [5, 5.41) is 0.728. The van der Waals surface area contributed by atoms with Crippen molar-refractivity contribution in [1.82, 2.24) is 14.9 Å². The summed E-state index contributed by atoms with van der Waals surface area (Å²) < 4.78 is 16.0. The second-order valence-corrected chi connectivity index (χ2v) is 11.5. The summed E-state index contributed by atoms with van der Waals surface area (Å²) in [6.45, 7) is 6.10. The van der Waals surface area contributed by atoms with Crippen LogP contribution in [0.5, 0.6) is 11.5 Å². The van der Waals surface area contributed by atoms with Crippen LogP contribution in [-0.4, -0.2) is 74.3 Å². The largest absolute Gasteiger partial charge is 0.493 e. The molecule has 4 rings (SSSR count). The number of carbonyl (C=O) groups is 2. The van der Waals surface area contributed by atoms with E-state index >= 15 is 0 Å². The number of methoxy groups -OCH3 is 2. The first kappa shape index (κ1) is 32.1. The molecule has 0 N–H and O–H groups in total. The summed E-state index contributed by atoms with van der Waals surface area (Å²) in [5.74, 6) is 2.51. The number of nitrogens with zero attached hydrogens (tertiary/aromatic N) is 4. The minimum absolute atomic E-state index is 0.0482. The van der Waals surface area contributed by atoms with Crippen molar-refractivity contribution in [2.24, 2.45) is 5.92 Å². The fourth-order valence-electron chi connectivity index (χ4n) is 5.04. The van der Waals surface area contributed by atoms with E-state index in [9.17, 15) is 9.59 Å². The van der Waals surface area contributed by atoms with Crippen molar-refractivity contribution >= 4 is 29.5 Å². The molecular weight excluding hydrogens is 564 g/mol. The fraction of sp³-hybridized carbons (Fsp3) is 0.455. The molecule has 1 aliphatic rings. The van der Waals surface area contributed by atoms with Gasteiger partial charge in [0, 0.05) is 49.8 Å². The number of amides is 1. The van der Waals surface area contributed by atoms with Gasteiger partial charge in [0.25, 0.3) is 5.91 Å². The molecule has 2 heterocycles. The Kier molecular flexibility index (Phi) is 11.7. The molecule has 2 aromatic carbocycles. The lowest BCUT2D eigenvalue weighted by atomic mass is 9.97. The van der Waals surface area contributed by atoms with E-state index in [-0.39, 0.29) is 17.8 Å². The number of hydrogen-bond donors (Lipinski definition) is 0. The van der Waals surface area contributed by atoms with Crippen molar-refractivity contribution in [2.75, 3.05) is 52.4 Å². The number of ether oxygens (including phenoxy) is 3. The molecule has 1 amide bonds. The van der Waals surface area contributed by atoms with Gasteiger partial charge in [-0.25, -0.2) is 9.97 Å². The number of likely N-dealkylation sites (N-methyl/N-ethyl adjacent to an activating group) is 1. The van der Waals surface area contributed by atoms with E-state index in [2.05, 4.69) is 17.9 Å². The average Bonchev–Trinajstić information content (AvgIpc) is 3.05. The van der Waals surface area contributed by atoms with Crippen molar-refractivity contribution < 1.29 is 23.8 Å². The van der Waals surface area contributed by atoms with E-state index in [1.807, 2.05) is 49.5 Å². The number of esters is 1. The molecule has 1 fully saturated rings. The van der Waals surface area contributed by atoms with Gasteiger partial charge in [-0.2, -0.15) is 0 Å². The van der Waals surface area contributed by atoms with Crippen LogP contribution in [-0.2, 0) is 28.1 Å². The van der Waals surface area contributed by atoms with Gasteiger partial charge in [-0.1, -0.05) is 36.9 Å². The van der Waals surface area contributed by atoms with Crippen LogP contribution in [0.2, 0.25) is 0 Å². The molecule has 0 saturated carbocycles. The Hall–Kier alpha value is -3.79. The number of carbonyl (C=O) groups excluding carboxylic acids is 2. The summed E-state index contributed by atoms with van der Waals surface area (Å²) in [4.78, 5) is 38.8. The van der Waals surface area contributed by atoms with Crippen LogP contribution in [0.4, 0.5) is 5.82 Å². The third-order valence-electron chi connectivity index (χ3n) is 7.58. The number of aryl methyl sites for hydroxylation is 1. The van der Waals surface area contributed by atoms with Gasteiger partial charge >= 0.3 is 5.97 Å². The van der Waals surface area contributed by atoms with E-state index in [1.54, 1.807) is 37.8 Å². The Morgan fingerprint density at radius 2 is 1.74 bits per heavy atom. The van der Waals surface area contributed by atoms with Crippen LogP contribution in [0, 0.1) is 5.92 Å². The van der Waals surface area contributed by atoms with E-state index in [1.165, 1.54) is 0 Å². The minimum atomic E-state index is -0.248. The Balaban J connectivity index is 1.35. The van der Waals surface area contributed by atoms with Crippen molar-refractivity contribution in [2.45, 2.75) is 50.4 Å². The number of likely N-dealkylation sites (tertiary alicyclic amines) is 1. The molecule has 230 valence electrons. The first-order valence-corrected chi connectivity index (χ1v) is 15.8. The number of thioether (sulfide) groups is 1. The molecule has 1 aromatic heterocycles. The third-order valence-corrected chi connectivity index (χ3v) is 8.50. The van der Waals surface area contributed by atoms with Crippen LogP contribution in [0.3, 0.4) is 0 Å². The Labute approximate surface area is 258 Å². The lowest BCUT2D eigenvalue weighted by Gasteiger charge is -2.31. The zero-order chi connectivity index (χ0) is 30.8. The SMILES string of the molecule is CCOC(=O)[C@@H]1CCCN(C(=O)c2ccc(CSc3nc(CC)cc(N(C)CCc4ccc(OC)c(OC)c4)n3)cc2)C1. The summed E-state index contributed by atoms with van der Waals surface area (Å²) in [5.41, 5.74) is 3.86. The highest BCUT2D eigenvalue weighted by Gasteiger charge is 2.29. The molecule has 0 radical (unpaired) electrons. The van der Waals surface area contributed by atoms with E-state index in [0.29, 0.717) is 31.0 Å². The molecule has 1 saturated heterocycles. The standard InChI is InChI=1S/C33H42N4O5S/c1-6-27-20-30(36(3)18-16-23-12-15-28(40-4)29(19-23)41-5)35-33(34-27)43-22-24-10-13-25(14-11-24)31(38)37-17-8-9-26(21-37)32(39)42-7-2/h10-15,19-20,26H,6-9,16-18,21-22H2,1-5H3/t26-/m1/s1. The quantitative estimate of drug-likeness (QED) is 0.143. The van der Waals surface area contributed by atoms with Crippen LogP contribution in [0.15, 0.2) is 53.7 Å². The number of rotatable bonds is 13. The molecule has 0 unspecified atom stereocenters. The normalized spacial score (nSPS) is 14.7. The summed E-state index contributed by atoms with van der Waals surface area (Å²) in [6, 6.07) is 15.7. The Morgan fingerprint density at radius 3 is 2.44 bits per heavy atom. The van der Waals surface area contributed by atoms with Crippen LogP contribution in [0.25, 0.3) is 0 Å². The average molecular weight is 607 g/mol. The van der Waals surface area contributed by atoms with Gasteiger partial charge < -0.3 is 24.0 Å². The van der Waals surface area contributed by atoms with Crippen molar-refractivity contribution in [3.63, 3.8) is 0 Å². The molecule has 1 atom stereocenters. The molecule has 10 heteroatoms. The molecule has 43 heavy (non-hydrogen) atoms. The Morgan fingerprint density at radius 1 is 1.00 bits per heavy atom. The summed E-state index contributed by atoms with van der Waals surface area (Å²) in [7, 11) is 5.33. The number of piperidine rings is 1. The summed E-state index contributed by atoms with van der Waals surface area (Å²) >= 11 is 1.58. The van der Waals surface area contributed by atoms with E-state index < -0.39 is 0 Å². The smallest absolute Gasteiger partial charge is 0.310 e. The van der Waals surface area contributed by atoms with E-state index in [0.717, 1.165) is 71.5 Å². The highest BCUT2D eigenvalue weighted by atomic mass is 32.2. The first-order chi connectivity index (χ1) is 20.8. The maximum absolute atomic E-state index is 13.1. The number of anilines is 1. The lowest BCUT2D eigenvalue weighted by Crippen LogP contribution is -2.42. The summed E-state index contributed by atoms with van der Waals surface area (Å²) in [6.07, 6.45) is 3.21. The van der Waals surface area contributed by atoms with Crippen molar-refractivity contribution in [3.05, 3.63) is 70.9 Å². The maximum Gasteiger partial charge on any atom is 0.310 e. The van der Waals surface area contributed by atoms with Gasteiger partial charge in [-0.15, -0.1) is 0 Å². The molecule has 1 aliphatic heterocycles. The van der Waals surface area contributed by atoms with Crippen molar-refractivity contribution in [3.8, 4) is 11.5 Å². The zero-order valence-electron chi connectivity index (χ0n) is 25.8. The zero-order valence-corrected chi connectivity index (χ0v) is 26.6. The van der Waals surface area contributed by atoms with Gasteiger partial charge in [0.15, 0.2) is 16.7 Å². The number of hydrogen-bond acceptors (Lipinski definition) is 9. The molecule has 0 bridgehead atoms. The van der Waals surface area contributed by atoms with Gasteiger partial charge in [0.1, 0.15) is 5.82 Å². The number of aromatic nitrogens is 2. The van der Waals surface area contributed by atoms with Crippen LogP contribution >= 0.6 is 11.8 Å². The Bertz CT molecular complexity index is 1380. The maximum atomic E-state index is 13.1. The topological polar surface area (TPSA) is 94.1 Å². The van der Waals surface area contributed by atoms with Gasteiger partial charge in [-0.3, -0.25) is 9.59 Å². The minimum Gasteiger partial charge on any atom is -0.493 e. The van der Waals surface area contributed by atoms with Crippen LogP contribution in [0.1, 0.15) is 53.9 Å². The highest BCUT2D eigenvalue weighted by Crippen LogP contribution is 2.28. The molecular formula is C33H42N4O5S. The fourth-order valence-corrected chi connectivity index (χ4v) is 5.86. The predicted octanol–water partition coefficient (Wildman–Crippen LogP) is 5.44. The second kappa shape index (κ2) is 15.6. The second-order valence-electron chi connectivity index (χ2n) is 10.5. The van der Waals surface area contributed by atoms with E-state index in [4.69, 9.17) is 24.2 Å². The van der Waals surface area contributed by atoms with Crippen molar-refractivity contribution in [1.29, 1.82) is 0 Å². The predicted molar refractivity (Wildman–Crippen MR) is 169 cm³/mol. The molecule has 0 spiro atoms. The van der Waals surface area contributed by atoms with Gasteiger partial charge in [-0.05, 0) is 68.0 Å². The van der Waals surface area contributed by atoms with Crippen LogP contribution < -0.4 is 14.4 Å². The van der Waals surface area contributed by atoms with Gasteiger partial charge in [0.05, 0.1) is 26.7 Å². The lowest BCUT2D eigenvalue weighted by molar-refractivity contribution is -0.149. The van der Waals surface area contributed by atoms with Gasteiger partial charge in [0.2, 0.25) is 0 Å². The number of benzene rings is 2. The molecule has 0 aliphatic carbocycles. The first-order valence-electron chi connectivity index (χ1n) is 14.8. The third kappa shape index (κ3) is 8.63.